The van der Waals surface area contributed by atoms with Crippen molar-refractivity contribution in [3.63, 3.8) is 0 Å². The molecule has 3 heterocycles. The van der Waals surface area contributed by atoms with Crippen molar-refractivity contribution in [2.45, 2.75) is 31.2 Å². The lowest BCUT2D eigenvalue weighted by atomic mass is 9.94. The van der Waals surface area contributed by atoms with Gasteiger partial charge in [-0.1, -0.05) is 36.4 Å². The molecule has 1 aliphatic heterocycles. The summed E-state index contributed by atoms with van der Waals surface area (Å²) in [4.78, 5) is 14.0. The van der Waals surface area contributed by atoms with Crippen LogP contribution in [0.1, 0.15) is 48.2 Å². The highest BCUT2D eigenvalue weighted by molar-refractivity contribution is 6.15. The number of imidazole rings is 1. The smallest absolute Gasteiger partial charge is 0.181 e. The molecule has 0 radical (unpaired) electrons. The van der Waals surface area contributed by atoms with E-state index in [9.17, 15) is 0 Å². The van der Waals surface area contributed by atoms with Crippen molar-refractivity contribution in [3.8, 4) is 17.1 Å². The first-order valence-electron chi connectivity index (χ1n) is 10.5. The highest BCUT2D eigenvalue weighted by Crippen LogP contribution is 2.75. The zero-order chi connectivity index (χ0) is 19.9. The maximum absolute atomic E-state index is 5.57. The molecule has 7 rings (SSSR count). The van der Waals surface area contributed by atoms with E-state index in [0.29, 0.717) is 11.2 Å². The highest BCUT2D eigenvalue weighted by atomic mass is 16.3. The summed E-state index contributed by atoms with van der Waals surface area (Å²) in [6.45, 7) is 2.12. The van der Waals surface area contributed by atoms with Crippen molar-refractivity contribution in [2.24, 2.45) is 10.9 Å². The average Bonchev–Trinajstić information content (AvgIpc) is 3.48. The second-order valence-corrected chi connectivity index (χ2v) is 8.73. The van der Waals surface area contributed by atoms with Gasteiger partial charge in [0.1, 0.15) is 12.0 Å². The second-order valence-electron chi connectivity index (χ2n) is 8.73. The molecule has 0 bridgehead atoms. The Labute approximate surface area is 174 Å². The van der Waals surface area contributed by atoms with Crippen LogP contribution in [0.3, 0.4) is 0 Å². The SMILES string of the molecule is C[C@H]1N=C(c2ccccc2)c2cc(C34CC3C4)ccc2-n2cnc(-c3cnco3)c21. The van der Waals surface area contributed by atoms with E-state index in [2.05, 4.69) is 70.0 Å². The van der Waals surface area contributed by atoms with E-state index in [1.807, 2.05) is 6.33 Å². The zero-order valence-electron chi connectivity index (χ0n) is 16.6. The number of rotatable bonds is 3. The van der Waals surface area contributed by atoms with Gasteiger partial charge in [-0.05, 0) is 48.8 Å². The Morgan fingerprint density at radius 2 is 1.93 bits per heavy atom. The number of aliphatic imine (C=N–C) groups is 1. The summed E-state index contributed by atoms with van der Waals surface area (Å²) in [6.07, 6.45) is 7.73. The van der Waals surface area contributed by atoms with Crippen LogP contribution in [0, 0.1) is 5.92 Å². The van der Waals surface area contributed by atoms with Crippen molar-refractivity contribution in [2.75, 3.05) is 0 Å². The van der Waals surface area contributed by atoms with E-state index in [0.717, 1.165) is 34.3 Å². The molecule has 2 aromatic carbocycles. The van der Waals surface area contributed by atoms with E-state index in [4.69, 9.17) is 9.41 Å². The molecule has 3 aliphatic rings. The summed E-state index contributed by atoms with van der Waals surface area (Å²) in [5, 5.41) is 0. The van der Waals surface area contributed by atoms with Crippen LogP contribution < -0.4 is 0 Å². The lowest BCUT2D eigenvalue weighted by Crippen LogP contribution is -2.09. The van der Waals surface area contributed by atoms with Crippen molar-refractivity contribution < 1.29 is 4.42 Å². The molecule has 4 aromatic rings. The summed E-state index contributed by atoms with van der Waals surface area (Å²) in [5.41, 5.74) is 8.23. The summed E-state index contributed by atoms with van der Waals surface area (Å²) in [6, 6.07) is 17.4. The molecule has 0 N–H and O–H groups in total. The van der Waals surface area contributed by atoms with Crippen LogP contribution >= 0.6 is 0 Å². The van der Waals surface area contributed by atoms with Crippen molar-refractivity contribution >= 4 is 5.71 Å². The largest absolute Gasteiger partial charge is 0.442 e. The maximum Gasteiger partial charge on any atom is 0.181 e. The molecule has 2 aromatic heterocycles. The molecule has 5 heteroatoms. The zero-order valence-corrected chi connectivity index (χ0v) is 16.6. The van der Waals surface area contributed by atoms with Crippen LogP contribution in [0.4, 0.5) is 0 Å². The normalized spacial score (nSPS) is 25.6. The third-order valence-electron chi connectivity index (χ3n) is 7.00. The van der Waals surface area contributed by atoms with Gasteiger partial charge in [-0.25, -0.2) is 9.97 Å². The summed E-state index contributed by atoms with van der Waals surface area (Å²) in [7, 11) is 0. The van der Waals surface area contributed by atoms with E-state index in [-0.39, 0.29) is 6.04 Å². The van der Waals surface area contributed by atoms with E-state index < -0.39 is 0 Å². The fourth-order valence-electron chi connectivity index (χ4n) is 5.04. The van der Waals surface area contributed by atoms with Gasteiger partial charge in [0.2, 0.25) is 0 Å². The Balaban J connectivity index is 1.49. The van der Waals surface area contributed by atoms with Gasteiger partial charge in [-0.3, -0.25) is 9.56 Å². The van der Waals surface area contributed by atoms with Crippen molar-refractivity contribution in [1.82, 2.24) is 14.5 Å². The minimum absolute atomic E-state index is 0.0774. The Hall–Kier alpha value is -3.47. The lowest BCUT2D eigenvalue weighted by molar-refractivity contribution is 0.568. The van der Waals surface area contributed by atoms with Crippen LogP contribution in [0.5, 0.6) is 0 Å². The lowest BCUT2D eigenvalue weighted by Gasteiger charge is -2.15. The van der Waals surface area contributed by atoms with Gasteiger partial charge in [0, 0.05) is 11.1 Å². The fourth-order valence-corrected chi connectivity index (χ4v) is 5.04. The minimum Gasteiger partial charge on any atom is -0.442 e. The average molecular weight is 392 g/mol. The topological polar surface area (TPSA) is 56.2 Å². The summed E-state index contributed by atoms with van der Waals surface area (Å²) in [5.74, 6) is 1.57. The van der Waals surface area contributed by atoms with Gasteiger partial charge >= 0.3 is 0 Å². The first-order chi connectivity index (χ1) is 14.7. The molecule has 30 heavy (non-hydrogen) atoms. The highest BCUT2D eigenvalue weighted by Gasteiger charge is 2.70. The first kappa shape index (κ1) is 16.3. The number of oxazole rings is 1. The number of hydrogen-bond donors (Lipinski definition) is 0. The Bertz CT molecular complexity index is 1310. The Kier molecular flexibility index (Phi) is 3.03. The Morgan fingerprint density at radius 3 is 2.67 bits per heavy atom. The molecule has 2 fully saturated rings. The van der Waals surface area contributed by atoms with Gasteiger partial charge in [-0.2, -0.15) is 0 Å². The van der Waals surface area contributed by atoms with Crippen LogP contribution in [0.15, 0.2) is 76.9 Å². The Morgan fingerprint density at radius 1 is 1.10 bits per heavy atom. The number of fused-ring (bicyclic) bond motifs is 4. The van der Waals surface area contributed by atoms with Crippen molar-refractivity contribution in [1.29, 1.82) is 0 Å². The van der Waals surface area contributed by atoms with E-state index in [1.165, 1.54) is 30.4 Å². The van der Waals surface area contributed by atoms with Gasteiger partial charge in [0.15, 0.2) is 12.2 Å². The summed E-state index contributed by atoms with van der Waals surface area (Å²) >= 11 is 0. The third kappa shape index (κ3) is 2.15. The van der Waals surface area contributed by atoms with Gasteiger partial charge in [-0.15, -0.1) is 0 Å². The molecule has 2 aliphatic carbocycles. The maximum atomic E-state index is 5.57. The molecule has 0 unspecified atom stereocenters. The monoisotopic (exact) mass is 392 g/mol. The van der Waals surface area contributed by atoms with Crippen LogP contribution in [0.2, 0.25) is 0 Å². The fraction of sp³-hybridized carbons (Fsp3) is 0.240. The quantitative estimate of drug-likeness (QED) is 0.487. The van der Waals surface area contributed by atoms with Crippen LogP contribution in [0.25, 0.3) is 17.1 Å². The molecule has 146 valence electrons. The number of aromatic nitrogens is 3. The van der Waals surface area contributed by atoms with Crippen LogP contribution in [-0.2, 0) is 5.41 Å². The number of benzene rings is 2. The standard InChI is InChI=1S/C25H20N4O/c1-15-24-23(21-12-26-14-30-21)27-13-29(24)20-8-7-17(25-10-18(25)11-25)9-19(20)22(28-15)16-5-3-2-4-6-16/h2-9,12-15,18H,10-11H2,1H3/t15-,18?,25?/m1/s1. The predicted molar refractivity (Wildman–Crippen MR) is 114 cm³/mol. The number of nitrogens with zero attached hydrogens (tertiary/aromatic N) is 4. The number of hydrogen-bond acceptors (Lipinski definition) is 4. The minimum atomic E-state index is -0.0774. The predicted octanol–water partition coefficient (Wildman–Crippen LogP) is 5.10. The van der Waals surface area contributed by atoms with Gasteiger partial charge < -0.3 is 4.42 Å². The molecule has 0 amide bonds. The van der Waals surface area contributed by atoms with Crippen LogP contribution in [-0.4, -0.2) is 20.2 Å². The molecular formula is C25H20N4O. The molecule has 2 saturated carbocycles. The van der Waals surface area contributed by atoms with E-state index >= 15 is 0 Å². The first-order valence-corrected chi connectivity index (χ1v) is 10.5. The molecule has 0 spiro atoms. The van der Waals surface area contributed by atoms with Gasteiger partial charge in [0.25, 0.3) is 0 Å². The van der Waals surface area contributed by atoms with E-state index in [1.54, 1.807) is 6.20 Å². The molecule has 1 atom stereocenters. The third-order valence-corrected chi connectivity index (χ3v) is 7.00. The molecular weight excluding hydrogens is 372 g/mol. The second kappa shape index (κ2) is 5.57. The molecule has 0 saturated heterocycles. The van der Waals surface area contributed by atoms with Gasteiger partial charge in [0.05, 0.1) is 29.3 Å². The summed E-state index contributed by atoms with van der Waals surface area (Å²) < 4.78 is 7.75. The van der Waals surface area contributed by atoms with Crippen molar-refractivity contribution in [3.05, 3.63) is 89.8 Å². The molecule has 5 nitrogen and oxygen atoms in total.